The number of rotatable bonds is 10. The predicted molar refractivity (Wildman–Crippen MR) is 85.1 cm³/mol. The Kier molecular flexibility index (Phi) is 9.12. The standard InChI is InChI=1S/C17H22F8O4/c1-10(7-14(2,3)4)8-28-11(26)5-6-12(27)29-9-15(20,21)17(24,25)16(22,23)13(18)19/h5-6,10,13H,7-9H2,1-4H3/b6-5+. The number of ether oxygens (including phenoxy) is 2. The van der Waals surface area contributed by atoms with Gasteiger partial charge in [-0.05, 0) is 17.8 Å². The summed E-state index contributed by atoms with van der Waals surface area (Å²) in [5, 5.41) is 0. The average Bonchev–Trinajstić information content (AvgIpc) is 2.54. The molecular weight excluding hydrogens is 420 g/mol. The van der Waals surface area contributed by atoms with Crippen molar-refractivity contribution >= 4 is 11.9 Å². The molecule has 0 aliphatic heterocycles. The number of alkyl halides is 8. The van der Waals surface area contributed by atoms with E-state index in [4.69, 9.17) is 4.74 Å². The molecule has 0 aliphatic rings. The maximum Gasteiger partial charge on any atom is 0.381 e. The Balaban J connectivity index is 4.69. The summed E-state index contributed by atoms with van der Waals surface area (Å²) in [6, 6.07) is 0. The minimum atomic E-state index is -6.49. The quantitative estimate of drug-likeness (QED) is 0.275. The number of esters is 2. The predicted octanol–water partition coefficient (Wildman–Crippen LogP) is 4.87. The lowest BCUT2D eigenvalue weighted by Gasteiger charge is -2.31. The van der Waals surface area contributed by atoms with Crippen LogP contribution in [0.25, 0.3) is 0 Å². The monoisotopic (exact) mass is 442 g/mol. The molecule has 0 N–H and O–H groups in total. The van der Waals surface area contributed by atoms with Crippen LogP contribution >= 0.6 is 0 Å². The van der Waals surface area contributed by atoms with Gasteiger partial charge in [-0.1, -0.05) is 27.7 Å². The molecule has 1 unspecified atom stereocenters. The second kappa shape index (κ2) is 9.75. The molecule has 170 valence electrons. The molecule has 0 aliphatic carbocycles. The highest BCUT2D eigenvalue weighted by Gasteiger charge is 2.75. The molecule has 0 aromatic carbocycles. The SMILES string of the molecule is CC(COC(=O)/C=C/C(=O)OCC(F)(F)C(F)(F)C(F)(F)C(F)F)CC(C)(C)C. The van der Waals surface area contributed by atoms with E-state index >= 15 is 0 Å². The number of halogens is 8. The fraction of sp³-hybridized carbons (Fsp3) is 0.765. The van der Waals surface area contributed by atoms with Crippen molar-refractivity contribution in [1.29, 1.82) is 0 Å². The summed E-state index contributed by atoms with van der Waals surface area (Å²) in [7, 11) is 0. The summed E-state index contributed by atoms with van der Waals surface area (Å²) >= 11 is 0. The van der Waals surface area contributed by atoms with Gasteiger partial charge in [0.1, 0.15) is 0 Å². The van der Waals surface area contributed by atoms with E-state index in [1.54, 1.807) is 6.92 Å². The first-order valence-electron chi connectivity index (χ1n) is 8.26. The molecule has 0 heterocycles. The molecule has 0 saturated heterocycles. The third kappa shape index (κ3) is 8.17. The molecule has 0 saturated carbocycles. The molecule has 0 spiro atoms. The summed E-state index contributed by atoms with van der Waals surface area (Å²) < 4.78 is 110. The van der Waals surface area contributed by atoms with Gasteiger partial charge in [-0.3, -0.25) is 0 Å². The van der Waals surface area contributed by atoms with Crippen LogP contribution in [-0.2, 0) is 19.1 Å². The van der Waals surface area contributed by atoms with Crippen molar-refractivity contribution in [1.82, 2.24) is 0 Å². The van der Waals surface area contributed by atoms with E-state index in [1.807, 2.05) is 20.8 Å². The molecule has 0 aromatic rings. The average molecular weight is 442 g/mol. The fourth-order valence-electron chi connectivity index (χ4n) is 2.19. The molecular formula is C17H22F8O4. The van der Waals surface area contributed by atoms with Gasteiger partial charge in [-0.2, -0.15) is 26.3 Å². The van der Waals surface area contributed by atoms with Crippen LogP contribution in [0.5, 0.6) is 0 Å². The Morgan fingerprint density at radius 1 is 0.897 bits per heavy atom. The van der Waals surface area contributed by atoms with Gasteiger partial charge in [0.2, 0.25) is 0 Å². The van der Waals surface area contributed by atoms with Gasteiger partial charge >= 0.3 is 36.1 Å². The van der Waals surface area contributed by atoms with E-state index in [-0.39, 0.29) is 24.0 Å². The smallest absolute Gasteiger partial charge is 0.381 e. The Morgan fingerprint density at radius 2 is 1.34 bits per heavy atom. The van der Waals surface area contributed by atoms with Gasteiger partial charge in [0, 0.05) is 12.2 Å². The van der Waals surface area contributed by atoms with Crippen LogP contribution in [0.15, 0.2) is 12.2 Å². The molecule has 29 heavy (non-hydrogen) atoms. The van der Waals surface area contributed by atoms with Crippen LogP contribution in [0.4, 0.5) is 35.1 Å². The molecule has 0 bridgehead atoms. The van der Waals surface area contributed by atoms with Gasteiger partial charge < -0.3 is 9.47 Å². The molecule has 0 fully saturated rings. The number of carbonyl (C=O) groups is 2. The zero-order chi connectivity index (χ0) is 23.3. The summed E-state index contributed by atoms with van der Waals surface area (Å²) in [6.07, 6.45) is -3.68. The van der Waals surface area contributed by atoms with Crippen molar-refractivity contribution in [3.63, 3.8) is 0 Å². The van der Waals surface area contributed by atoms with E-state index in [0.29, 0.717) is 12.5 Å². The number of carbonyl (C=O) groups excluding carboxylic acids is 2. The van der Waals surface area contributed by atoms with Crippen LogP contribution in [0.1, 0.15) is 34.1 Å². The van der Waals surface area contributed by atoms with Crippen LogP contribution in [0.3, 0.4) is 0 Å². The Hall–Kier alpha value is -1.88. The highest BCUT2D eigenvalue weighted by Crippen LogP contribution is 2.48. The van der Waals surface area contributed by atoms with Gasteiger partial charge in [0.15, 0.2) is 6.61 Å². The van der Waals surface area contributed by atoms with Crippen molar-refractivity contribution < 1.29 is 54.2 Å². The van der Waals surface area contributed by atoms with Crippen LogP contribution in [0.2, 0.25) is 0 Å². The van der Waals surface area contributed by atoms with Crippen LogP contribution < -0.4 is 0 Å². The van der Waals surface area contributed by atoms with E-state index in [1.165, 1.54) is 0 Å². The third-order valence-corrected chi connectivity index (χ3v) is 3.37. The molecule has 0 amide bonds. The van der Waals surface area contributed by atoms with Crippen molar-refractivity contribution in [3.8, 4) is 0 Å². The van der Waals surface area contributed by atoms with Gasteiger partial charge in [-0.25, -0.2) is 18.4 Å². The summed E-state index contributed by atoms with van der Waals surface area (Å²) in [6.45, 7) is 5.02. The normalized spacial score (nSPS) is 14.9. The topological polar surface area (TPSA) is 52.6 Å². The maximum absolute atomic E-state index is 13.2. The van der Waals surface area contributed by atoms with Crippen molar-refractivity contribution in [2.75, 3.05) is 13.2 Å². The molecule has 4 nitrogen and oxygen atoms in total. The summed E-state index contributed by atoms with van der Waals surface area (Å²) in [5.41, 5.74) is -0.0418. The number of hydrogen-bond donors (Lipinski definition) is 0. The second-order valence-electron chi connectivity index (χ2n) is 7.64. The highest BCUT2D eigenvalue weighted by molar-refractivity contribution is 5.91. The van der Waals surface area contributed by atoms with Crippen molar-refractivity contribution in [2.45, 2.75) is 58.3 Å². The van der Waals surface area contributed by atoms with Gasteiger partial charge in [0.25, 0.3) is 0 Å². The Bertz CT molecular complexity index is 597. The van der Waals surface area contributed by atoms with Crippen LogP contribution in [-0.4, -0.2) is 49.3 Å². The first-order valence-corrected chi connectivity index (χ1v) is 8.26. The van der Waals surface area contributed by atoms with E-state index in [0.717, 1.165) is 0 Å². The van der Waals surface area contributed by atoms with Crippen molar-refractivity contribution in [2.24, 2.45) is 11.3 Å². The molecule has 1 atom stereocenters. The summed E-state index contributed by atoms with van der Waals surface area (Å²) in [5.74, 6) is -21.5. The van der Waals surface area contributed by atoms with Gasteiger partial charge in [-0.15, -0.1) is 0 Å². The lowest BCUT2D eigenvalue weighted by Crippen LogP contribution is -2.59. The van der Waals surface area contributed by atoms with Gasteiger partial charge in [0.05, 0.1) is 6.61 Å². The zero-order valence-electron chi connectivity index (χ0n) is 16.1. The fourth-order valence-corrected chi connectivity index (χ4v) is 2.19. The first-order chi connectivity index (χ1) is 12.8. The largest absolute Gasteiger partial charge is 0.462 e. The third-order valence-electron chi connectivity index (χ3n) is 3.37. The number of hydrogen-bond acceptors (Lipinski definition) is 4. The lowest BCUT2D eigenvalue weighted by atomic mass is 9.86. The Morgan fingerprint density at radius 3 is 1.76 bits per heavy atom. The molecule has 0 radical (unpaired) electrons. The maximum atomic E-state index is 13.2. The first kappa shape index (κ1) is 27.1. The van der Waals surface area contributed by atoms with E-state index in [9.17, 15) is 44.7 Å². The lowest BCUT2D eigenvalue weighted by molar-refractivity contribution is -0.344. The van der Waals surface area contributed by atoms with Crippen LogP contribution in [0, 0.1) is 11.3 Å². The minimum absolute atomic E-state index is 0.0253. The second-order valence-corrected chi connectivity index (χ2v) is 7.64. The molecule has 0 aromatic heterocycles. The zero-order valence-corrected chi connectivity index (χ0v) is 16.1. The van der Waals surface area contributed by atoms with Crippen molar-refractivity contribution in [3.05, 3.63) is 12.2 Å². The van der Waals surface area contributed by atoms with E-state index < -0.39 is 42.7 Å². The molecule has 12 heteroatoms. The minimum Gasteiger partial charge on any atom is -0.462 e. The Labute approximate surface area is 162 Å². The molecule has 0 rings (SSSR count). The van der Waals surface area contributed by atoms with E-state index in [2.05, 4.69) is 4.74 Å². The summed E-state index contributed by atoms with van der Waals surface area (Å²) in [4.78, 5) is 22.6. The highest BCUT2D eigenvalue weighted by atomic mass is 19.4.